The number of nitrogens with two attached hydrogens (primary N) is 1. The zero-order chi connectivity index (χ0) is 15.4. The van der Waals surface area contributed by atoms with E-state index in [1.165, 1.54) is 12.1 Å². The highest BCUT2D eigenvalue weighted by Gasteiger charge is 2.14. The van der Waals surface area contributed by atoms with Gasteiger partial charge in [-0.2, -0.15) is 0 Å². The van der Waals surface area contributed by atoms with E-state index < -0.39 is 5.82 Å². The summed E-state index contributed by atoms with van der Waals surface area (Å²) in [4.78, 5) is 4.28. The van der Waals surface area contributed by atoms with Gasteiger partial charge in [-0.1, -0.05) is 0 Å². The van der Waals surface area contributed by atoms with Crippen molar-refractivity contribution in [2.75, 3.05) is 24.3 Å². The molecule has 1 aromatic carbocycles. The quantitative estimate of drug-likeness (QED) is 0.849. The van der Waals surface area contributed by atoms with Crippen molar-refractivity contribution in [2.24, 2.45) is 0 Å². The summed E-state index contributed by atoms with van der Waals surface area (Å²) in [7, 11) is 0. The number of hydrogen-bond acceptors (Lipinski definition) is 5. The summed E-state index contributed by atoms with van der Waals surface area (Å²) in [5.74, 6) is 1.23. The molecule has 1 aliphatic rings. The molecule has 1 fully saturated rings. The van der Waals surface area contributed by atoms with Crippen LogP contribution in [0.15, 0.2) is 36.5 Å². The molecule has 22 heavy (non-hydrogen) atoms. The predicted molar refractivity (Wildman–Crippen MR) is 82.6 cm³/mol. The van der Waals surface area contributed by atoms with Gasteiger partial charge in [0, 0.05) is 37.6 Å². The van der Waals surface area contributed by atoms with Gasteiger partial charge in [0.05, 0.1) is 5.69 Å². The van der Waals surface area contributed by atoms with Gasteiger partial charge in [0.15, 0.2) is 0 Å². The summed E-state index contributed by atoms with van der Waals surface area (Å²) in [6, 6.07) is 8.25. The van der Waals surface area contributed by atoms with Crippen LogP contribution in [0, 0.1) is 5.82 Å². The van der Waals surface area contributed by atoms with Crippen LogP contribution in [-0.4, -0.2) is 24.2 Å². The minimum absolute atomic E-state index is 0.101. The first-order valence-corrected chi connectivity index (χ1v) is 7.24. The molecular weight excluding hydrogens is 285 g/mol. The van der Waals surface area contributed by atoms with E-state index in [0.29, 0.717) is 17.5 Å². The average molecular weight is 303 g/mol. The fraction of sp³-hybridized carbons (Fsp3) is 0.312. The molecule has 0 saturated carbocycles. The molecule has 2 aromatic rings. The molecule has 0 radical (unpaired) electrons. The van der Waals surface area contributed by atoms with Gasteiger partial charge in [-0.15, -0.1) is 0 Å². The molecule has 2 heterocycles. The average Bonchev–Trinajstić information content (AvgIpc) is 2.52. The van der Waals surface area contributed by atoms with Crippen LogP contribution in [0.4, 0.5) is 15.9 Å². The third kappa shape index (κ3) is 3.65. The van der Waals surface area contributed by atoms with Crippen LogP contribution in [0.25, 0.3) is 0 Å². The second-order valence-corrected chi connectivity index (χ2v) is 5.19. The first-order chi connectivity index (χ1) is 10.7. The number of benzene rings is 1. The lowest BCUT2D eigenvalue weighted by Gasteiger charge is -2.23. The van der Waals surface area contributed by atoms with E-state index in [1.807, 2.05) is 0 Å². The van der Waals surface area contributed by atoms with Crippen LogP contribution >= 0.6 is 0 Å². The SMILES string of the molecule is Nc1ccc(Oc2ccnc(NC3CCOCC3)c2)cc1F. The summed E-state index contributed by atoms with van der Waals surface area (Å²) >= 11 is 0. The molecule has 0 unspecified atom stereocenters. The van der Waals surface area contributed by atoms with E-state index in [9.17, 15) is 4.39 Å². The molecule has 6 heteroatoms. The normalized spacial score (nSPS) is 15.5. The maximum absolute atomic E-state index is 13.4. The third-order valence-corrected chi connectivity index (χ3v) is 3.51. The van der Waals surface area contributed by atoms with Gasteiger partial charge in [-0.25, -0.2) is 9.37 Å². The maximum atomic E-state index is 13.4. The van der Waals surface area contributed by atoms with E-state index in [1.54, 1.807) is 24.4 Å². The minimum atomic E-state index is -0.493. The zero-order valence-corrected chi connectivity index (χ0v) is 12.1. The summed E-state index contributed by atoms with van der Waals surface area (Å²) in [6.07, 6.45) is 3.57. The second-order valence-electron chi connectivity index (χ2n) is 5.19. The Hall–Kier alpha value is -2.34. The number of aromatic nitrogens is 1. The van der Waals surface area contributed by atoms with Crippen LogP contribution in [0.5, 0.6) is 11.5 Å². The van der Waals surface area contributed by atoms with Crippen LogP contribution in [0.3, 0.4) is 0 Å². The van der Waals surface area contributed by atoms with Crippen LogP contribution < -0.4 is 15.8 Å². The first-order valence-electron chi connectivity index (χ1n) is 7.24. The largest absolute Gasteiger partial charge is 0.457 e. The van der Waals surface area contributed by atoms with Gasteiger partial charge < -0.3 is 20.5 Å². The van der Waals surface area contributed by atoms with Crippen molar-refractivity contribution in [1.82, 2.24) is 4.98 Å². The van der Waals surface area contributed by atoms with Gasteiger partial charge >= 0.3 is 0 Å². The van der Waals surface area contributed by atoms with Gasteiger partial charge in [-0.3, -0.25) is 0 Å². The predicted octanol–water partition coefficient (Wildman–Crippen LogP) is 3.19. The van der Waals surface area contributed by atoms with Crippen molar-refractivity contribution in [1.29, 1.82) is 0 Å². The number of pyridine rings is 1. The minimum Gasteiger partial charge on any atom is -0.457 e. The molecule has 116 valence electrons. The molecule has 3 N–H and O–H groups in total. The molecule has 0 aliphatic carbocycles. The van der Waals surface area contributed by atoms with E-state index >= 15 is 0 Å². The lowest BCUT2D eigenvalue weighted by atomic mass is 10.1. The van der Waals surface area contributed by atoms with Crippen LogP contribution in [-0.2, 0) is 4.74 Å². The number of ether oxygens (including phenoxy) is 2. The Labute approximate surface area is 128 Å². The number of halogens is 1. The number of hydrogen-bond donors (Lipinski definition) is 2. The molecule has 5 nitrogen and oxygen atoms in total. The topological polar surface area (TPSA) is 69.4 Å². The van der Waals surface area contributed by atoms with Crippen LogP contribution in [0.1, 0.15) is 12.8 Å². The Morgan fingerprint density at radius 3 is 2.73 bits per heavy atom. The summed E-state index contributed by atoms with van der Waals surface area (Å²) in [6.45, 7) is 1.52. The fourth-order valence-electron chi connectivity index (χ4n) is 2.31. The summed E-state index contributed by atoms with van der Waals surface area (Å²) < 4.78 is 24.4. The van der Waals surface area contributed by atoms with E-state index in [4.69, 9.17) is 15.2 Å². The van der Waals surface area contributed by atoms with Crippen molar-refractivity contribution < 1.29 is 13.9 Å². The molecule has 0 amide bonds. The number of nitrogens with one attached hydrogen (secondary N) is 1. The molecule has 1 aliphatic heterocycles. The van der Waals surface area contributed by atoms with Gasteiger partial charge in [0.2, 0.25) is 0 Å². The molecule has 1 saturated heterocycles. The number of nitrogen functional groups attached to an aromatic ring is 1. The van der Waals surface area contributed by atoms with Crippen LogP contribution in [0.2, 0.25) is 0 Å². The monoisotopic (exact) mass is 303 g/mol. The Morgan fingerprint density at radius 1 is 1.18 bits per heavy atom. The Kier molecular flexibility index (Phi) is 4.39. The molecule has 1 aromatic heterocycles. The van der Waals surface area contributed by atoms with E-state index in [2.05, 4.69) is 10.3 Å². The van der Waals surface area contributed by atoms with Gasteiger partial charge in [0.1, 0.15) is 23.1 Å². The Bertz CT molecular complexity index is 645. The van der Waals surface area contributed by atoms with Gasteiger partial charge in [-0.05, 0) is 31.0 Å². The molecule has 3 rings (SSSR count). The van der Waals surface area contributed by atoms with Crippen molar-refractivity contribution in [2.45, 2.75) is 18.9 Å². The van der Waals surface area contributed by atoms with Crippen molar-refractivity contribution >= 4 is 11.5 Å². The first kappa shape index (κ1) is 14.6. The zero-order valence-electron chi connectivity index (χ0n) is 12.1. The summed E-state index contributed by atoms with van der Waals surface area (Å²) in [5.41, 5.74) is 5.55. The Morgan fingerprint density at radius 2 is 1.95 bits per heavy atom. The van der Waals surface area contributed by atoms with Crippen molar-refractivity contribution in [3.63, 3.8) is 0 Å². The standard InChI is InChI=1S/C16H18FN3O2/c17-14-9-12(1-2-15(14)18)22-13-3-6-19-16(10-13)20-11-4-7-21-8-5-11/h1-3,6,9-11H,4-5,7-8,18H2,(H,19,20). The third-order valence-electron chi connectivity index (χ3n) is 3.51. The van der Waals surface area contributed by atoms with Gasteiger partial charge in [0.25, 0.3) is 0 Å². The molecule has 0 atom stereocenters. The summed E-state index contributed by atoms with van der Waals surface area (Å²) in [5, 5.41) is 3.36. The van der Waals surface area contributed by atoms with Crippen molar-refractivity contribution in [3.05, 3.63) is 42.3 Å². The highest BCUT2D eigenvalue weighted by atomic mass is 19.1. The Balaban J connectivity index is 1.68. The second kappa shape index (κ2) is 6.62. The van der Waals surface area contributed by atoms with Crippen molar-refractivity contribution in [3.8, 4) is 11.5 Å². The molecule has 0 spiro atoms. The molecule has 0 bridgehead atoms. The number of anilines is 2. The highest BCUT2D eigenvalue weighted by molar-refractivity contribution is 5.46. The fourth-order valence-corrected chi connectivity index (χ4v) is 2.31. The lowest BCUT2D eigenvalue weighted by Crippen LogP contribution is -2.28. The van der Waals surface area contributed by atoms with E-state index in [0.717, 1.165) is 31.9 Å². The lowest BCUT2D eigenvalue weighted by molar-refractivity contribution is 0.0904. The highest BCUT2D eigenvalue weighted by Crippen LogP contribution is 2.26. The molecular formula is C16H18FN3O2. The maximum Gasteiger partial charge on any atom is 0.149 e. The van der Waals surface area contributed by atoms with E-state index in [-0.39, 0.29) is 5.69 Å². The number of nitrogens with zero attached hydrogens (tertiary/aromatic N) is 1. The number of rotatable bonds is 4. The smallest absolute Gasteiger partial charge is 0.149 e.